The third-order valence-electron chi connectivity index (χ3n) is 4.58. The van der Waals surface area contributed by atoms with E-state index in [2.05, 4.69) is 13.0 Å². The summed E-state index contributed by atoms with van der Waals surface area (Å²) in [6.45, 7) is 2.36. The van der Waals surface area contributed by atoms with Gasteiger partial charge in [-0.15, -0.1) is 0 Å². The molecule has 0 radical (unpaired) electrons. The van der Waals surface area contributed by atoms with Crippen LogP contribution in [-0.2, 0) is 16.0 Å². The number of hydrogen-bond acceptors (Lipinski definition) is 3. The number of benzene rings is 1. The van der Waals surface area contributed by atoms with E-state index in [1.54, 1.807) is 0 Å². The highest BCUT2D eigenvalue weighted by molar-refractivity contribution is 5.95. The molecule has 0 bridgehead atoms. The smallest absolute Gasteiger partial charge is 0.416 e. The van der Waals surface area contributed by atoms with E-state index in [1.807, 2.05) is 36.4 Å². The van der Waals surface area contributed by atoms with Crippen LogP contribution in [0.25, 0.3) is 0 Å². The average molecular weight is 299 g/mol. The lowest BCUT2D eigenvalue weighted by atomic mass is 9.83. The largest absolute Gasteiger partial charge is 0.447 e. The second kappa shape index (κ2) is 6.34. The summed E-state index contributed by atoms with van der Waals surface area (Å²) in [4.78, 5) is 26.2. The molecule has 1 aliphatic carbocycles. The van der Waals surface area contributed by atoms with Crippen LogP contribution in [0.5, 0.6) is 0 Å². The standard InChI is InChI=1S/C18H21NO3/c1-13-7-5-6-10-16(13)17(20)19-15(12-22-18(19)21)11-14-8-3-2-4-9-14/h2-6,8-9,13,15-16H,7,10-12H2,1H3/t13-,15-,16-/m1/s1. The molecule has 1 saturated heterocycles. The van der Waals surface area contributed by atoms with E-state index in [1.165, 1.54) is 4.90 Å². The normalized spacial score (nSPS) is 27.8. The Labute approximate surface area is 130 Å². The molecule has 0 spiro atoms. The predicted octanol–water partition coefficient (Wildman–Crippen LogP) is 3.18. The van der Waals surface area contributed by atoms with Gasteiger partial charge >= 0.3 is 6.09 Å². The lowest BCUT2D eigenvalue weighted by Gasteiger charge is -2.29. The number of ether oxygens (including phenoxy) is 1. The summed E-state index contributed by atoms with van der Waals surface area (Å²) in [5.74, 6) is 0.0671. The Morgan fingerprint density at radius 1 is 1.23 bits per heavy atom. The van der Waals surface area contributed by atoms with Gasteiger partial charge in [0.2, 0.25) is 5.91 Å². The van der Waals surface area contributed by atoms with E-state index < -0.39 is 6.09 Å². The minimum atomic E-state index is -0.493. The lowest BCUT2D eigenvalue weighted by Crippen LogP contribution is -2.45. The van der Waals surface area contributed by atoms with Crippen molar-refractivity contribution in [1.29, 1.82) is 0 Å². The number of carbonyl (C=O) groups excluding carboxylic acids is 2. The number of amides is 2. The fourth-order valence-corrected chi connectivity index (χ4v) is 3.24. The molecular formula is C18H21NO3. The van der Waals surface area contributed by atoms with E-state index in [9.17, 15) is 9.59 Å². The molecule has 0 aromatic heterocycles. The first-order valence-corrected chi connectivity index (χ1v) is 7.85. The number of nitrogens with zero attached hydrogens (tertiary/aromatic N) is 1. The van der Waals surface area contributed by atoms with Crippen molar-refractivity contribution >= 4 is 12.0 Å². The molecule has 1 fully saturated rings. The Morgan fingerprint density at radius 3 is 2.68 bits per heavy atom. The van der Waals surface area contributed by atoms with E-state index >= 15 is 0 Å². The first-order chi connectivity index (χ1) is 10.7. The number of cyclic esters (lactones) is 1. The molecule has 116 valence electrons. The van der Waals surface area contributed by atoms with E-state index in [0.29, 0.717) is 12.8 Å². The lowest BCUT2D eigenvalue weighted by molar-refractivity contribution is -0.135. The van der Waals surface area contributed by atoms with Crippen LogP contribution in [0.2, 0.25) is 0 Å². The van der Waals surface area contributed by atoms with Gasteiger partial charge in [0.05, 0.1) is 6.04 Å². The second-order valence-corrected chi connectivity index (χ2v) is 6.16. The molecule has 22 heavy (non-hydrogen) atoms. The molecule has 3 rings (SSSR count). The summed E-state index contributed by atoms with van der Waals surface area (Å²) >= 11 is 0. The molecule has 0 saturated carbocycles. The molecule has 3 atom stereocenters. The summed E-state index contributed by atoms with van der Waals surface area (Å²) in [6, 6.07) is 9.72. The van der Waals surface area contributed by atoms with E-state index in [4.69, 9.17) is 4.74 Å². The van der Waals surface area contributed by atoms with Crippen LogP contribution in [0.15, 0.2) is 42.5 Å². The summed E-state index contributed by atoms with van der Waals surface area (Å²) in [7, 11) is 0. The second-order valence-electron chi connectivity index (χ2n) is 6.16. The van der Waals surface area contributed by atoms with Gasteiger partial charge in [-0.2, -0.15) is 0 Å². The number of allylic oxidation sites excluding steroid dienone is 2. The number of hydrogen-bond donors (Lipinski definition) is 0. The van der Waals surface area contributed by atoms with Gasteiger partial charge in [-0.3, -0.25) is 4.79 Å². The Balaban J connectivity index is 1.76. The van der Waals surface area contributed by atoms with Crippen molar-refractivity contribution in [2.45, 2.75) is 32.2 Å². The van der Waals surface area contributed by atoms with Gasteiger partial charge in [0.15, 0.2) is 0 Å². The summed E-state index contributed by atoms with van der Waals surface area (Å²) < 4.78 is 5.15. The Kier molecular flexibility index (Phi) is 4.27. The van der Waals surface area contributed by atoms with Crippen LogP contribution < -0.4 is 0 Å². The highest BCUT2D eigenvalue weighted by Gasteiger charge is 2.41. The highest BCUT2D eigenvalue weighted by Crippen LogP contribution is 2.29. The minimum Gasteiger partial charge on any atom is -0.447 e. The summed E-state index contributed by atoms with van der Waals surface area (Å²) in [5.41, 5.74) is 1.11. The predicted molar refractivity (Wildman–Crippen MR) is 83.2 cm³/mol. The van der Waals surface area contributed by atoms with E-state index in [0.717, 1.165) is 12.0 Å². The molecule has 0 N–H and O–H groups in total. The van der Waals surface area contributed by atoms with Crippen LogP contribution in [0.3, 0.4) is 0 Å². The quantitative estimate of drug-likeness (QED) is 0.805. The zero-order valence-electron chi connectivity index (χ0n) is 12.8. The molecule has 1 aromatic carbocycles. The van der Waals surface area contributed by atoms with Gasteiger partial charge in [0.25, 0.3) is 0 Å². The fraction of sp³-hybridized carbons (Fsp3) is 0.444. The molecule has 2 aliphatic rings. The van der Waals surface area contributed by atoms with Crippen LogP contribution in [0.4, 0.5) is 4.79 Å². The van der Waals surface area contributed by atoms with Crippen molar-refractivity contribution in [3.8, 4) is 0 Å². The van der Waals surface area contributed by atoms with Gasteiger partial charge in [-0.1, -0.05) is 49.4 Å². The van der Waals surface area contributed by atoms with Crippen LogP contribution in [-0.4, -0.2) is 29.5 Å². The maximum Gasteiger partial charge on any atom is 0.416 e. The van der Waals surface area contributed by atoms with Crippen LogP contribution in [0.1, 0.15) is 25.3 Å². The SMILES string of the molecule is C[C@@H]1CC=CC[C@H]1C(=O)N1C(=O)OC[C@H]1Cc1ccccc1. The Hall–Kier alpha value is -2.10. The zero-order valence-corrected chi connectivity index (χ0v) is 12.8. The van der Waals surface area contributed by atoms with Crippen molar-refractivity contribution in [2.24, 2.45) is 11.8 Å². The van der Waals surface area contributed by atoms with Crippen molar-refractivity contribution in [3.05, 3.63) is 48.0 Å². The van der Waals surface area contributed by atoms with Crippen molar-refractivity contribution in [1.82, 2.24) is 4.90 Å². The van der Waals surface area contributed by atoms with Gasteiger partial charge in [-0.05, 0) is 30.7 Å². The third kappa shape index (κ3) is 2.91. The van der Waals surface area contributed by atoms with Crippen molar-refractivity contribution in [2.75, 3.05) is 6.61 Å². The van der Waals surface area contributed by atoms with Crippen LogP contribution in [0, 0.1) is 11.8 Å². The van der Waals surface area contributed by atoms with Gasteiger partial charge < -0.3 is 4.74 Å². The fourth-order valence-electron chi connectivity index (χ4n) is 3.24. The highest BCUT2D eigenvalue weighted by atomic mass is 16.6. The van der Waals surface area contributed by atoms with Crippen molar-refractivity contribution in [3.63, 3.8) is 0 Å². The molecule has 0 unspecified atom stereocenters. The minimum absolute atomic E-state index is 0.0831. The molecule has 1 aliphatic heterocycles. The molecule has 4 nitrogen and oxygen atoms in total. The van der Waals surface area contributed by atoms with Gasteiger partial charge in [0.1, 0.15) is 6.61 Å². The maximum absolute atomic E-state index is 12.8. The molecule has 1 heterocycles. The molecule has 1 aromatic rings. The third-order valence-corrected chi connectivity index (χ3v) is 4.58. The number of carbonyl (C=O) groups is 2. The number of rotatable bonds is 3. The van der Waals surface area contributed by atoms with Crippen LogP contribution >= 0.6 is 0 Å². The van der Waals surface area contributed by atoms with Crippen molar-refractivity contribution < 1.29 is 14.3 Å². The molecule has 4 heteroatoms. The molecular weight excluding hydrogens is 278 g/mol. The van der Waals surface area contributed by atoms with Gasteiger partial charge in [-0.25, -0.2) is 9.69 Å². The first kappa shape index (κ1) is 14.8. The first-order valence-electron chi connectivity index (χ1n) is 7.85. The van der Waals surface area contributed by atoms with E-state index in [-0.39, 0.29) is 30.4 Å². The topological polar surface area (TPSA) is 46.6 Å². The Morgan fingerprint density at radius 2 is 1.95 bits per heavy atom. The van der Waals surface area contributed by atoms with Gasteiger partial charge in [0, 0.05) is 5.92 Å². The maximum atomic E-state index is 12.8. The summed E-state index contributed by atoms with van der Waals surface area (Å²) in [5, 5.41) is 0. The molecule has 2 amide bonds. The summed E-state index contributed by atoms with van der Waals surface area (Å²) in [6.07, 6.45) is 5.90. The monoisotopic (exact) mass is 299 g/mol. The zero-order chi connectivity index (χ0) is 15.5. The average Bonchev–Trinajstić information content (AvgIpc) is 2.89. The Bertz CT molecular complexity index is 581. The number of imide groups is 1.